The summed E-state index contributed by atoms with van der Waals surface area (Å²) in [6.07, 6.45) is 0. The van der Waals surface area contributed by atoms with Gasteiger partial charge in [-0.3, -0.25) is 0 Å². The number of Topliss-reactive ketones (excluding diaryl/α,β-unsaturated/α-hetero) is 2. The van der Waals surface area contributed by atoms with Gasteiger partial charge in [0, 0.05) is 0 Å². The van der Waals surface area contributed by atoms with E-state index >= 15 is 0 Å². The minimum absolute atomic E-state index is 0.0172. The van der Waals surface area contributed by atoms with Crippen molar-refractivity contribution in [2.75, 3.05) is 14.2 Å². The molecule has 0 fully saturated rings. The summed E-state index contributed by atoms with van der Waals surface area (Å²) in [7, 11) is 28.8. The van der Waals surface area contributed by atoms with Gasteiger partial charge in [-0.2, -0.15) is 0 Å². The van der Waals surface area contributed by atoms with Gasteiger partial charge in [0.05, 0.1) is 0 Å². The first kappa shape index (κ1) is 32.1. The summed E-state index contributed by atoms with van der Waals surface area (Å²) in [5, 5.41) is 0. The van der Waals surface area contributed by atoms with Crippen LogP contribution < -0.4 is 16.7 Å². The monoisotopic (exact) mass is 784 g/mol. The molecule has 0 saturated carbocycles. The maximum absolute atomic E-state index is 11.7. The Morgan fingerprint density at radius 1 is 0.647 bits per heavy atom. The van der Waals surface area contributed by atoms with Crippen LogP contribution in [-0.2, 0) is 9.59 Å². The summed E-state index contributed by atoms with van der Waals surface area (Å²) in [5.41, 5.74) is 0. The molecule has 0 amide bonds. The van der Waals surface area contributed by atoms with Crippen molar-refractivity contribution < 1.29 is 19.1 Å². The van der Waals surface area contributed by atoms with Crippen molar-refractivity contribution in [3.63, 3.8) is 0 Å². The van der Waals surface area contributed by atoms with Gasteiger partial charge >= 0.3 is 228 Å². The van der Waals surface area contributed by atoms with Crippen LogP contribution in [0.1, 0.15) is 27.7 Å². The van der Waals surface area contributed by atoms with Crippen molar-refractivity contribution in [3.8, 4) is 11.5 Å². The molecule has 0 N–H and O–H groups in total. The zero-order valence-electron chi connectivity index (χ0n) is 20.1. The van der Waals surface area contributed by atoms with Crippen LogP contribution in [0.5, 0.6) is 11.5 Å². The van der Waals surface area contributed by atoms with E-state index in [0.717, 1.165) is 18.7 Å². The molecule has 10 heteroatoms. The predicted octanol–water partition coefficient (Wildman–Crippen LogP) is 6.09. The van der Waals surface area contributed by atoms with Gasteiger partial charge in [0.25, 0.3) is 0 Å². The first-order valence-corrected chi connectivity index (χ1v) is 27.9. The van der Waals surface area contributed by atoms with Crippen LogP contribution in [0.3, 0.4) is 0 Å². The van der Waals surface area contributed by atoms with E-state index in [1.807, 2.05) is 76.2 Å². The number of hydrogen-bond acceptors (Lipinski definition) is 4. The van der Waals surface area contributed by atoms with Crippen LogP contribution >= 0.6 is 35.9 Å². The summed E-state index contributed by atoms with van der Waals surface area (Å²) < 4.78 is 12.5. The van der Waals surface area contributed by atoms with E-state index in [2.05, 4.69) is 0 Å². The van der Waals surface area contributed by atoms with E-state index in [1.165, 1.54) is 0 Å². The average molecular weight is 782 g/mol. The Bertz CT molecular complexity index is 853. The number of carbonyl (C=O) groups excluding carboxylic acids is 2. The molecule has 0 spiro atoms. The third-order valence-electron chi connectivity index (χ3n) is 4.74. The molecule has 192 valence electrons. The molecule has 2 aromatic carbocycles. The number of hydrogen-bond donors (Lipinski definition) is 0. The van der Waals surface area contributed by atoms with Crippen molar-refractivity contribution in [1.29, 1.82) is 0 Å². The number of methoxy groups -OCH3 is 2. The van der Waals surface area contributed by atoms with Crippen LogP contribution in [0.15, 0.2) is 48.5 Å². The van der Waals surface area contributed by atoms with Crippen molar-refractivity contribution in [2.24, 2.45) is 11.8 Å². The van der Waals surface area contributed by atoms with Crippen LogP contribution in [0.2, 0.25) is 8.94 Å². The maximum atomic E-state index is 11.7. The van der Waals surface area contributed by atoms with E-state index < -0.39 is 31.9 Å². The Balaban J connectivity index is 0.000000340. The fraction of sp³-hybridized carbons (Fsp3) is 0.417. The Hall–Kier alpha value is 0.119. The fourth-order valence-electron chi connectivity index (χ4n) is 2.41. The van der Waals surface area contributed by atoms with Gasteiger partial charge in [-0.1, -0.05) is 0 Å². The topological polar surface area (TPSA) is 52.6 Å². The van der Waals surface area contributed by atoms with Gasteiger partial charge in [0.15, 0.2) is 0 Å². The molecule has 0 saturated heterocycles. The molecule has 2 aromatic rings. The van der Waals surface area contributed by atoms with Crippen LogP contribution in [0.25, 0.3) is 0 Å². The van der Waals surface area contributed by atoms with Crippen LogP contribution in [-0.4, -0.2) is 57.7 Å². The summed E-state index contributed by atoms with van der Waals surface area (Å²) in [6, 6.07) is 14.7. The first-order valence-electron chi connectivity index (χ1n) is 10.5. The number of benzene rings is 2. The molecular formula is C24H32Cl4O4Te2. The number of rotatable bonds is 10. The van der Waals surface area contributed by atoms with Crippen molar-refractivity contribution in [3.05, 3.63) is 48.5 Å². The second-order valence-corrected chi connectivity index (χ2v) is 35.2. The molecule has 0 aliphatic carbocycles. The molecule has 34 heavy (non-hydrogen) atoms. The zero-order valence-corrected chi connectivity index (χ0v) is 27.8. The summed E-state index contributed by atoms with van der Waals surface area (Å²) >= 11 is -6.53. The third kappa shape index (κ3) is 10.6. The van der Waals surface area contributed by atoms with Crippen LogP contribution in [0, 0.1) is 11.8 Å². The molecule has 0 heterocycles. The number of carbonyl (C=O) groups is 2. The van der Waals surface area contributed by atoms with E-state index in [4.69, 9.17) is 45.3 Å². The molecule has 0 atom stereocenters. The second kappa shape index (κ2) is 14.8. The molecule has 4 nitrogen and oxygen atoms in total. The molecule has 2 rings (SSSR count). The normalized spacial score (nSPS) is 12.6. The van der Waals surface area contributed by atoms with E-state index in [0.29, 0.717) is 8.94 Å². The van der Waals surface area contributed by atoms with E-state index in [-0.39, 0.29) is 23.4 Å². The summed E-state index contributed by atoms with van der Waals surface area (Å²) in [5.74, 6) is 1.75. The predicted molar refractivity (Wildman–Crippen MR) is 149 cm³/mol. The molecule has 0 bridgehead atoms. The second-order valence-electron chi connectivity index (χ2n) is 8.03. The van der Waals surface area contributed by atoms with Gasteiger partial charge in [-0.15, -0.1) is 0 Å². The van der Waals surface area contributed by atoms with Crippen molar-refractivity contribution in [2.45, 2.75) is 36.6 Å². The quantitative estimate of drug-likeness (QED) is 0.274. The van der Waals surface area contributed by atoms with E-state index in [9.17, 15) is 9.59 Å². The first-order chi connectivity index (χ1) is 15.7. The Labute approximate surface area is 226 Å². The van der Waals surface area contributed by atoms with Gasteiger partial charge in [0.2, 0.25) is 0 Å². The van der Waals surface area contributed by atoms with Gasteiger partial charge < -0.3 is 0 Å². The van der Waals surface area contributed by atoms with E-state index in [1.54, 1.807) is 14.2 Å². The Morgan fingerprint density at radius 3 is 1.12 bits per heavy atom. The van der Waals surface area contributed by atoms with Gasteiger partial charge in [-0.05, 0) is 0 Å². The van der Waals surface area contributed by atoms with Gasteiger partial charge in [-0.25, -0.2) is 0 Å². The SMILES string of the molecule is COc1ccc([Te](Cl)(Cl)CC(=O)C(C)C)cc1.COc1ccc([Te](Cl)(Cl)CC(=O)C(C)C)cc1. The average Bonchev–Trinajstić information content (AvgIpc) is 2.78. The number of halogens is 4. The molecule has 0 aromatic heterocycles. The number of ether oxygens (including phenoxy) is 2. The molecule has 0 aliphatic heterocycles. The van der Waals surface area contributed by atoms with Crippen LogP contribution in [0.4, 0.5) is 0 Å². The summed E-state index contributed by atoms with van der Waals surface area (Å²) in [4.78, 5) is 23.4. The molecular weight excluding hydrogens is 749 g/mol. The molecule has 0 aliphatic rings. The summed E-state index contributed by atoms with van der Waals surface area (Å²) in [6.45, 7) is 7.46. The van der Waals surface area contributed by atoms with Crippen molar-refractivity contribution in [1.82, 2.24) is 0 Å². The van der Waals surface area contributed by atoms with Gasteiger partial charge in [0.1, 0.15) is 0 Å². The number of ketones is 2. The molecule has 0 unspecified atom stereocenters. The standard InChI is InChI=1S/2C12H16Cl2O2Te/c2*1-9(2)12(15)8-17(13,14)11-6-4-10(16-3)5-7-11/h2*4-7,9H,8H2,1-3H3. The Kier molecular flexibility index (Phi) is 14.0. The zero-order chi connectivity index (χ0) is 26.1. The van der Waals surface area contributed by atoms with Crippen molar-refractivity contribution >= 4 is 86.5 Å². The third-order valence-corrected chi connectivity index (χ3v) is 21.6. The minimum atomic E-state index is -3.26. The molecule has 0 radical (unpaired) electrons. The fourth-order valence-corrected chi connectivity index (χ4v) is 16.0. The Morgan fingerprint density at radius 2 is 0.912 bits per heavy atom.